The van der Waals surface area contributed by atoms with Gasteiger partial charge in [0, 0.05) is 17.5 Å². The van der Waals surface area contributed by atoms with E-state index >= 15 is 0 Å². The first-order valence-electron chi connectivity index (χ1n) is 6.89. The first-order chi connectivity index (χ1) is 10.1. The Kier molecular flexibility index (Phi) is 3.75. The van der Waals surface area contributed by atoms with Crippen LogP contribution in [0.15, 0.2) is 35.0 Å². The van der Waals surface area contributed by atoms with Crippen molar-refractivity contribution in [3.8, 4) is 0 Å². The van der Waals surface area contributed by atoms with E-state index in [0.29, 0.717) is 12.0 Å². The maximum absolute atomic E-state index is 12.1. The standard InChI is InChI=1S/C16H16N2O2S/c1-10(17-16(20)13-6-7-21-9-13)11-2-4-14-12(8-11)3-5-15(19)18-14/h2,4,6-10H,3,5H2,1H3,(H,17,20)(H,18,19)/t10-/m0/s1. The third kappa shape index (κ3) is 2.97. The van der Waals surface area contributed by atoms with Gasteiger partial charge in [-0.2, -0.15) is 11.3 Å². The highest BCUT2D eigenvalue weighted by molar-refractivity contribution is 7.08. The molecule has 0 unspecified atom stereocenters. The Bertz CT molecular complexity index is 680. The van der Waals surface area contributed by atoms with Crippen LogP contribution in [0.4, 0.5) is 5.69 Å². The molecule has 21 heavy (non-hydrogen) atoms. The number of hydrogen-bond donors (Lipinski definition) is 2. The highest BCUT2D eigenvalue weighted by atomic mass is 32.1. The summed E-state index contributed by atoms with van der Waals surface area (Å²) in [6.45, 7) is 1.97. The Balaban J connectivity index is 1.74. The molecule has 2 aromatic rings. The van der Waals surface area contributed by atoms with Gasteiger partial charge in [0.15, 0.2) is 0 Å². The van der Waals surface area contributed by atoms with E-state index in [1.165, 1.54) is 11.3 Å². The molecular weight excluding hydrogens is 284 g/mol. The second kappa shape index (κ2) is 5.69. The zero-order chi connectivity index (χ0) is 14.8. The van der Waals surface area contributed by atoms with Crippen LogP contribution < -0.4 is 10.6 Å². The number of aryl methyl sites for hydroxylation is 1. The normalized spacial score (nSPS) is 15.0. The van der Waals surface area contributed by atoms with Crippen LogP contribution in [-0.4, -0.2) is 11.8 Å². The van der Waals surface area contributed by atoms with Gasteiger partial charge in [-0.1, -0.05) is 12.1 Å². The molecule has 0 bridgehead atoms. The number of nitrogens with one attached hydrogen (secondary N) is 2. The Hall–Kier alpha value is -2.14. The molecule has 2 heterocycles. The lowest BCUT2D eigenvalue weighted by Crippen LogP contribution is -2.26. The van der Waals surface area contributed by atoms with Crippen LogP contribution in [0.5, 0.6) is 0 Å². The molecule has 1 atom stereocenters. The maximum Gasteiger partial charge on any atom is 0.252 e. The van der Waals surface area contributed by atoms with Gasteiger partial charge in [-0.15, -0.1) is 0 Å². The van der Waals surface area contributed by atoms with Gasteiger partial charge in [0.2, 0.25) is 5.91 Å². The molecule has 2 amide bonds. The van der Waals surface area contributed by atoms with Gasteiger partial charge in [0.1, 0.15) is 0 Å². The Morgan fingerprint density at radius 1 is 1.33 bits per heavy atom. The van der Waals surface area contributed by atoms with Gasteiger partial charge in [-0.05, 0) is 42.0 Å². The minimum absolute atomic E-state index is 0.0604. The van der Waals surface area contributed by atoms with Gasteiger partial charge >= 0.3 is 0 Å². The zero-order valence-corrected chi connectivity index (χ0v) is 12.5. The predicted molar refractivity (Wildman–Crippen MR) is 83.6 cm³/mol. The van der Waals surface area contributed by atoms with Crippen LogP contribution >= 0.6 is 11.3 Å². The molecule has 0 aliphatic carbocycles. The van der Waals surface area contributed by atoms with Crippen molar-refractivity contribution >= 4 is 28.8 Å². The molecule has 1 aromatic heterocycles. The molecule has 2 N–H and O–H groups in total. The van der Waals surface area contributed by atoms with Gasteiger partial charge < -0.3 is 10.6 Å². The Morgan fingerprint density at radius 2 is 2.19 bits per heavy atom. The molecule has 0 spiro atoms. The average Bonchev–Trinajstić information content (AvgIpc) is 3.01. The van der Waals surface area contributed by atoms with E-state index in [2.05, 4.69) is 16.7 Å². The number of amides is 2. The summed E-state index contributed by atoms with van der Waals surface area (Å²) in [5, 5.41) is 9.59. The number of hydrogen-bond acceptors (Lipinski definition) is 3. The van der Waals surface area contributed by atoms with Crippen molar-refractivity contribution in [1.29, 1.82) is 0 Å². The predicted octanol–water partition coefficient (Wildman–Crippen LogP) is 3.12. The molecule has 1 aliphatic rings. The topological polar surface area (TPSA) is 58.2 Å². The molecule has 108 valence electrons. The van der Waals surface area contributed by atoms with Crippen molar-refractivity contribution in [2.45, 2.75) is 25.8 Å². The number of carbonyl (C=O) groups excluding carboxylic acids is 2. The number of benzene rings is 1. The number of anilines is 1. The van der Waals surface area contributed by atoms with E-state index < -0.39 is 0 Å². The summed E-state index contributed by atoms with van der Waals surface area (Å²) in [6.07, 6.45) is 1.27. The first kappa shape index (κ1) is 13.8. The summed E-state index contributed by atoms with van der Waals surface area (Å²) >= 11 is 1.51. The van der Waals surface area contributed by atoms with Crippen LogP contribution in [0.3, 0.4) is 0 Å². The van der Waals surface area contributed by atoms with E-state index in [4.69, 9.17) is 0 Å². The van der Waals surface area contributed by atoms with Crippen molar-refractivity contribution in [1.82, 2.24) is 5.32 Å². The van der Waals surface area contributed by atoms with Gasteiger partial charge in [-0.3, -0.25) is 9.59 Å². The fourth-order valence-corrected chi connectivity index (χ4v) is 3.07. The summed E-state index contributed by atoms with van der Waals surface area (Å²) in [7, 11) is 0. The molecular formula is C16H16N2O2S. The lowest BCUT2D eigenvalue weighted by atomic mass is 9.97. The quantitative estimate of drug-likeness (QED) is 0.915. The number of carbonyl (C=O) groups is 2. The lowest BCUT2D eigenvalue weighted by Gasteiger charge is -2.20. The van der Waals surface area contributed by atoms with E-state index in [1.54, 1.807) is 0 Å². The minimum Gasteiger partial charge on any atom is -0.345 e. The number of rotatable bonds is 3. The third-order valence-electron chi connectivity index (χ3n) is 3.66. The molecule has 1 aliphatic heterocycles. The second-order valence-electron chi connectivity index (χ2n) is 5.17. The molecule has 0 saturated heterocycles. The van der Waals surface area contributed by atoms with E-state index in [1.807, 2.05) is 35.9 Å². The van der Waals surface area contributed by atoms with Crippen molar-refractivity contribution in [2.24, 2.45) is 0 Å². The van der Waals surface area contributed by atoms with Crippen LogP contribution in [0.1, 0.15) is 40.9 Å². The molecule has 0 fully saturated rings. The van der Waals surface area contributed by atoms with Crippen LogP contribution in [-0.2, 0) is 11.2 Å². The first-order valence-corrected chi connectivity index (χ1v) is 7.83. The number of fused-ring (bicyclic) bond motifs is 1. The fraction of sp³-hybridized carbons (Fsp3) is 0.250. The largest absolute Gasteiger partial charge is 0.345 e. The highest BCUT2D eigenvalue weighted by Gasteiger charge is 2.17. The molecule has 5 heteroatoms. The molecule has 1 aromatic carbocycles. The van der Waals surface area contributed by atoms with Crippen molar-refractivity contribution in [3.05, 3.63) is 51.7 Å². The zero-order valence-electron chi connectivity index (χ0n) is 11.7. The van der Waals surface area contributed by atoms with Gasteiger partial charge in [0.05, 0.1) is 11.6 Å². The molecule has 0 radical (unpaired) electrons. The van der Waals surface area contributed by atoms with E-state index in [0.717, 1.165) is 23.2 Å². The van der Waals surface area contributed by atoms with E-state index in [9.17, 15) is 9.59 Å². The van der Waals surface area contributed by atoms with Crippen molar-refractivity contribution < 1.29 is 9.59 Å². The molecule has 4 nitrogen and oxygen atoms in total. The summed E-state index contributed by atoms with van der Waals surface area (Å²) in [6, 6.07) is 7.67. The van der Waals surface area contributed by atoms with Gasteiger partial charge in [-0.25, -0.2) is 0 Å². The van der Waals surface area contributed by atoms with Crippen LogP contribution in [0.25, 0.3) is 0 Å². The second-order valence-corrected chi connectivity index (χ2v) is 5.95. The average molecular weight is 300 g/mol. The fourth-order valence-electron chi connectivity index (χ4n) is 2.43. The third-order valence-corrected chi connectivity index (χ3v) is 4.34. The SMILES string of the molecule is C[C@H](NC(=O)c1ccsc1)c1ccc2c(c1)CCC(=O)N2. The highest BCUT2D eigenvalue weighted by Crippen LogP contribution is 2.26. The van der Waals surface area contributed by atoms with Crippen molar-refractivity contribution in [3.63, 3.8) is 0 Å². The summed E-state index contributed by atoms with van der Waals surface area (Å²) in [4.78, 5) is 23.4. The lowest BCUT2D eigenvalue weighted by molar-refractivity contribution is -0.116. The summed E-state index contributed by atoms with van der Waals surface area (Å²) in [5.74, 6) is 0.00355. The summed E-state index contributed by atoms with van der Waals surface area (Å²) < 4.78 is 0. The molecule has 0 saturated carbocycles. The minimum atomic E-state index is -0.0691. The van der Waals surface area contributed by atoms with Crippen LogP contribution in [0.2, 0.25) is 0 Å². The van der Waals surface area contributed by atoms with E-state index in [-0.39, 0.29) is 17.9 Å². The number of thiophene rings is 1. The summed E-state index contributed by atoms with van der Waals surface area (Å²) in [5.41, 5.74) is 3.75. The smallest absolute Gasteiger partial charge is 0.252 e. The maximum atomic E-state index is 12.1. The van der Waals surface area contributed by atoms with Crippen LogP contribution in [0, 0.1) is 0 Å². The Labute approximate surface area is 127 Å². The Morgan fingerprint density at radius 3 is 2.95 bits per heavy atom. The molecule has 3 rings (SSSR count). The monoisotopic (exact) mass is 300 g/mol. The van der Waals surface area contributed by atoms with Crippen molar-refractivity contribution in [2.75, 3.05) is 5.32 Å². The van der Waals surface area contributed by atoms with Gasteiger partial charge in [0.25, 0.3) is 5.91 Å².